The Kier molecular flexibility index (Phi) is 7.14. The van der Waals surface area contributed by atoms with Crippen LogP contribution >= 0.6 is 24.0 Å². The highest BCUT2D eigenvalue weighted by atomic mass is 127. The average molecular weight is 496 g/mol. The number of nitrogens with one attached hydrogen (secondary N) is 1. The zero-order valence-electron chi connectivity index (χ0n) is 16.4. The molecule has 2 aliphatic rings. The van der Waals surface area contributed by atoms with Gasteiger partial charge in [-0.1, -0.05) is 18.2 Å². The van der Waals surface area contributed by atoms with Gasteiger partial charge in [0.15, 0.2) is 5.96 Å². The Morgan fingerprint density at radius 2 is 2.07 bits per heavy atom. The maximum absolute atomic E-state index is 12.4. The van der Waals surface area contributed by atoms with E-state index < -0.39 is 0 Å². The first-order valence-corrected chi connectivity index (χ1v) is 10.1. The maximum Gasteiger partial charge on any atom is 0.345 e. The minimum atomic E-state index is 0. The molecule has 152 valence electrons. The molecule has 0 unspecified atom stereocenters. The lowest BCUT2D eigenvalue weighted by molar-refractivity contribution is 0.509. The van der Waals surface area contributed by atoms with Crippen molar-refractivity contribution in [3.63, 3.8) is 0 Å². The first-order chi connectivity index (χ1) is 13.3. The van der Waals surface area contributed by atoms with Gasteiger partial charge in [-0.25, -0.2) is 9.48 Å². The molecule has 0 fully saturated rings. The molecule has 1 N–H and O–H groups in total. The van der Waals surface area contributed by atoms with E-state index in [0.717, 1.165) is 63.5 Å². The lowest BCUT2D eigenvalue weighted by Gasteiger charge is -2.22. The predicted octanol–water partition coefficient (Wildman–Crippen LogP) is 2.42. The third kappa shape index (κ3) is 4.26. The van der Waals surface area contributed by atoms with Crippen LogP contribution in [0.5, 0.6) is 0 Å². The summed E-state index contributed by atoms with van der Waals surface area (Å²) in [6.07, 6.45) is 4.98. The van der Waals surface area contributed by atoms with Gasteiger partial charge in [-0.2, -0.15) is 5.10 Å². The largest absolute Gasteiger partial charge is 0.356 e. The van der Waals surface area contributed by atoms with E-state index in [1.165, 1.54) is 11.3 Å². The zero-order chi connectivity index (χ0) is 18.6. The molecular formula is C20H29IN6O. The zero-order valence-corrected chi connectivity index (χ0v) is 18.8. The Hall–Kier alpha value is -1.84. The SMILES string of the molecule is CCNC(=NCCCn1nc2n(c1=O)CCCC2)N1CCc2ccccc21.I. The molecular weight excluding hydrogens is 467 g/mol. The molecule has 1 aromatic heterocycles. The van der Waals surface area contributed by atoms with Gasteiger partial charge in [0.05, 0.1) is 0 Å². The fourth-order valence-corrected chi connectivity index (χ4v) is 3.95. The Balaban J connectivity index is 0.00000225. The molecule has 7 nitrogen and oxygen atoms in total. The lowest BCUT2D eigenvalue weighted by Crippen LogP contribution is -2.40. The number of aromatic nitrogens is 3. The van der Waals surface area contributed by atoms with Gasteiger partial charge < -0.3 is 10.2 Å². The van der Waals surface area contributed by atoms with Gasteiger partial charge >= 0.3 is 5.69 Å². The van der Waals surface area contributed by atoms with Crippen LogP contribution in [0, 0.1) is 0 Å². The van der Waals surface area contributed by atoms with Crippen LogP contribution in [0.3, 0.4) is 0 Å². The standard InChI is InChI=1S/C20H28N6O.HI/c1-2-21-19(24-15-11-16-8-3-4-9-17(16)24)22-12-7-14-26-20(27)25-13-6-5-10-18(25)23-26;/h3-4,8-9H,2,5-7,10-15H2,1H3,(H,21,22);1H. The monoisotopic (exact) mass is 496 g/mol. The van der Waals surface area contributed by atoms with Crippen molar-refractivity contribution in [1.29, 1.82) is 0 Å². The van der Waals surface area contributed by atoms with E-state index >= 15 is 0 Å². The number of aliphatic imine (C=N–C) groups is 1. The van der Waals surface area contributed by atoms with Crippen molar-refractivity contribution in [3.05, 3.63) is 46.1 Å². The molecule has 1 aromatic carbocycles. The highest BCUT2D eigenvalue weighted by molar-refractivity contribution is 14.0. The summed E-state index contributed by atoms with van der Waals surface area (Å²) >= 11 is 0. The van der Waals surface area contributed by atoms with Crippen LogP contribution in [0.4, 0.5) is 5.69 Å². The number of anilines is 1. The minimum Gasteiger partial charge on any atom is -0.356 e. The van der Waals surface area contributed by atoms with Crippen molar-refractivity contribution < 1.29 is 0 Å². The quantitative estimate of drug-likeness (QED) is 0.299. The van der Waals surface area contributed by atoms with Crippen molar-refractivity contribution in [1.82, 2.24) is 19.7 Å². The molecule has 28 heavy (non-hydrogen) atoms. The third-order valence-electron chi connectivity index (χ3n) is 5.30. The van der Waals surface area contributed by atoms with Crippen molar-refractivity contribution in [2.75, 3.05) is 24.5 Å². The van der Waals surface area contributed by atoms with Crippen LogP contribution in [-0.2, 0) is 25.9 Å². The van der Waals surface area contributed by atoms with E-state index in [0.29, 0.717) is 13.1 Å². The number of nitrogens with zero attached hydrogens (tertiary/aromatic N) is 5. The fourth-order valence-electron chi connectivity index (χ4n) is 3.95. The molecule has 2 aromatic rings. The summed E-state index contributed by atoms with van der Waals surface area (Å²) in [5, 5.41) is 7.91. The van der Waals surface area contributed by atoms with Gasteiger partial charge in [0.1, 0.15) is 5.82 Å². The number of para-hydroxylation sites is 1. The molecule has 0 saturated heterocycles. The van der Waals surface area contributed by atoms with E-state index in [9.17, 15) is 4.79 Å². The molecule has 0 radical (unpaired) electrons. The highest BCUT2D eigenvalue weighted by Crippen LogP contribution is 2.27. The smallest absolute Gasteiger partial charge is 0.345 e. The second kappa shape index (κ2) is 9.58. The maximum atomic E-state index is 12.4. The van der Waals surface area contributed by atoms with Gasteiger partial charge in [-0.15, -0.1) is 24.0 Å². The van der Waals surface area contributed by atoms with Crippen molar-refractivity contribution in [2.24, 2.45) is 4.99 Å². The average Bonchev–Trinajstić information content (AvgIpc) is 3.26. The van der Waals surface area contributed by atoms with Crippen molar-refractivity contribution in [3.8, 4) is 0 Å². The topological polar surface area (TPSA) is 67.5 Å². The molecule has 0 aliphatic carbocycles. The molecule has 0 amide bonds. The van der Waals surface area contributed by atoms with Gasteiger partial charge in [0, 0.05) is 44.8 Å². The van der Waals surface area contributed by atoms with Crippen LogP contribution < -0.4 is 15.9 Å². The Morgan fingerprint density at radius 1 is 1.21 bits per heavy atom. The van der Waals surface area contributed by atoms with E-state index in [-0.39, 0.29) is 29.7 Å². The second-order valence-electron chi connectivity index (χ2n) is 7.15. The molecule has 8 heteroatoms. The van der Waals surface area contributed by atoms with E-state index in [1.54, 1.807) is 4.68 Å². The molecule has 3 heterocycles. The number of hydrogen-bond acceptors (Lipinski definition) is 3. The van der Waals surface area contributed by atoms with Crippen LogP contribution in [0.2, 0.25) is 0 Å². The molecule has 4 rings (SSSR count). The summed E-state index contributed by atoms with van der Waals surface area (Å²) in [7, 11) is 0. The molecule has 0 bridgehead atoms. The predicted molar refractivity (Wildman–Crippen MR) is 123 cm³/mol. The third-order valence-corrected chi connectivity index (χ3v) is 5.30. The summed E-state index contributed by atoms with van der Waals surface area (Å²) in [6.45, 7) is 6.00. The number of hydrogen-bond donors (Lipinski definition) is 1. The van der Waals surface area contributed by atoms with Crippen molar-refractivity contribution >= 4 is 35.6 Å². The van der Waals surface area contributed by atoms with Gasteiger partial charge in [0.25, 0.3) is 0 Å². The van der Waals surface area contributed by atoms with Crippen LogP contribution in [0.25, 0.3) is 0 Å². The molecule has 0 atom stereocenters. The Bertz CT molecular complexity index is 887. The summed E-state index contributed by atoms with van der Waals surface area (Å²) in [4.78, 5) is 19.5. The lowest BCUT2D eigenvalue weighted by atomic mass is 10.2. The summed E-state index contributed by atoms with van der Waals surface area (Å²) in [6, 6.07) is 8.51. The number of fused-ring (bicyclic) bond motifs is 2. The van der Waals surface area contributed by atoms with E-state index in [2.05, 4.69) is 46.5 Å². The summed E-state index contributed by atoms with van der Waals surface area (Å²) in [5.41, 5.74) is 2.66. The Morgan fingerprint density at radius 3 is 2.89 bits per heavy atom. The summed E-state index contributed by atoms with van der Waals surface area (Å²) in [5.74, 6) is 1.87. The molecule has 0 spiro atoms. The van der Waals surface area contributed by atoms with Gasteiger partial charge in [0.2, 0.25) is 0 Å². The van der Waals surface area contributed by atoms with Gasteiger partial charge in [-0.3, -0.25) is 9.56 Å². The normalized spacial score (nSPS) is 15.8. The van der Waals surface area contributed by atoms with Crippen LogP contribution in [0.1, 0.15) is 37.6 Å². The number of aryl methyl sites for hydroxylation is 2. The number of rotatable bonds is 5. The highest BCUT2D eigenvalue weighted by Gasteiger charge is 2.22. The molecule has 0 saturated carbocycles. The van der Waals surface area contributed by atoms with E-state index in [1.807, 2.05) is 4.57 Å². The first kappa shape index (κ1) is 20.9. The van der Waals surface area contributed by atoms with Crippen LogP contribution in [0.15, 0.2) is 34.1 Å². The van der Waals surface area contributed by atoms with Crippen LogP contribution in [-0.4, -0.2) is 39.9 Å². The second-order valence-corrected chi connectivity index (χ2v) is 7.15. The van der Waals surface area contributed by atoms with Crippen molar-refractivity contribution in [2.45, 2.75) is 52.1 Å². The fraction of sp³-hybridized carbons (Fsp3) is 0.550. The number of benzene rings is 1. The number of halogens is 1. The van der Waals surface area contributed by atoms with E-state index in [4.69, 9.17) is 4.99 Å². The Labute approximate surface area is 182 Å². The van der Waals surface area contributed by atoms with Gasteiger partial charge in [-0.05, 0) is 44.2 Å². The first-order valence-electron chi connectivity index (χ1n) is 10.1. The summed E-state index contributed by atoms with van der Waals surface area (Å²) < 4.78 is 3.45. The number of guanidine groups is 1. The molecule has 2 aliphatic heterocycles. The minimum absolute atomic E-state index is 0.